The van der Waals surface area contributed by atoms with Crippen molar-refractivity contribution in [1.82, 2.24) is 15.0 Å². The summed E-state index contributed by atoms with van der Waals surface area (Å²) in [6.07, 6.45) is 4.10. The Balaban J connectivity index is 2.03. The summed E-state index contributed by atoms with van der Waals surface area (Å²) < 4.78 is 11.6. The van der Waals surface area contributed by atoms with Crippen LogP contribution in [0, 0.1) is 0 Å². The van der Waals surface area contributed by atoms with Gasteiger partial charge in [-0.15, -0.1) is 0 Å². The Morgan fingerprint density at radius 1 is 1.10 bits per heavy atom. The molecule has 7 nitrogen and oxygen atoms in total. The minimum atomic E-state index is 0.359. The second kappa shape index (κ2) is 11.3. The zero-order valence-electron chi connectivity index (χ0n) is 19.7. The summed E-state index contributed by atoms with van der Waals surface area (Å²) in [4.78, 5) is 17.2. The van der Waals surface area contributed by atoms with Gasteiger partial charge in [0.1, 0.15) is 5.82 Å². The van der Waals surface area contributed by atoms with Crippen LogP contribution >= 0.6 is 0 Å². The molecule has 1 fully saturated rings. The molecule has 1 N–H and O–H groups in total. The third-order valence-corrected chi connectivity index (χ3v) is 5.55. The number of aryl methyl sites for hydroxylation is 1. The first-order valence-corrected chi connectivity index (χ1v) is 11.6. The van der Waals surface area contributed by atoms with Gasteiger partial charge in [-0.1, -0.05) is 40.5 Å². The number of hydrogen-bond acceptors (Lipinski definition) is 7. The van der Waals surface area contributed by atoms with E-state index in [1.165, 1.54) is 0 Å². The Morgan fingerprint density at radius 3 is 2.52 bits per heavy atom. The standard InChI is InChI=1S/C24H37N5O2/c1-6-8-9-14-31-24-22(25-5)28-21(19(7-2)27-24)18-10-11-20(17(3)4)26-23(18)29-12-15-30-16-13-29/h10-11,17H,6-9,12-16H2,1-5H3,(H,25,28). The summed E-state index contributed by atoms with van der Waals surface area (Å²) in [5.74, 6) is 2.58. The molecule has 0 amide bonds. The van der Waals surface area contributed by atoms with Crippen molar-refractivity contribution in [2.24, 2.45) is 0 Å². The zero-order valence-corrected chi connectivity index (χ0v) is 19.7. The monoisotopic (exact) mass is 427 g/mol. The molecule has 0 aromatic carbocycles. The number of nitrogens with zero attached hydrogens (tertiary/aromatic N) is 4. The molecule has 7 heteroatoms. The molecule has 1 saturated heterocycles. The van der Waals surface area contributed by atoms with Crippen LogP contribution < -0.4 is 15.0 Å². The van der Waals surface area contributed by atoms with E-state index >= 15 is 0 Å². The van der Waals surface area contributed by atoms with Gasteiger partial charge in [0.25, 0.3) is 5.88 Å². The van der Waals surface area contributed by atoms with Crippen LogP contribution in [0.1, 0.15) is 64.3 Å². The van der Waals surface area contributed by atoms with Crippen LogP contribution in [0.15, 0.2) is 12.1 Å². The Hall–Kier alpha value is -2.41. The minimum Gasteiger partial charge on any atom is -0.475 e. The van der Waals surface area contributed by atoms with Crippen molar-refractivity contribution in [1.29, 1.82) is 0 Å². The normalized spacial score (nSPS) is 14.2. The lowest BCUT2D eigenvalue weighted by molar-refractivity contribution is 0.122. The lowest BCUT2D eigenvalue weighted by Gasteiger charge is -2.30. The second-order valence-electron chi connectivity index (χ2n) is 8.19. The van der Waals surface area contributed by atoms with Gasteiger partial charge in [-0.25, -0.2) is 15.0 Å². The molecule has 0 saturated carbocycles. The van der Waals surface area contributed by atoms with E-state index in [1.54, 1.807) is 0 Å². The number of ether oxygens (including phenoxy) is 2. The minimum absolute atomic E-state index is 0.359. The summed E-state index contributed by atoms with van der Waals surface area (Å²) in [5.41, 5.74) is 3.90. The molecular formula is C24H37N5O2. The number of unbranched alkanes of at least 4 members (excludes halogenated alkanes) is 2. The maximum atomic E-state index is 5.98. The molecular weight excluding hydrogens is 390 g/mol. The Labute approximate surface area is 186 Å². The van der Waals surface area contributed by atoms with Crippen molar-refractivity contribution in [2.45, 2.75) is 59.3 Å². The molecule has 2 aromatic heterocycles. The van der Waals surface area contributed by atoms with Gasteiger partial charge in [0.2, 0.25) is 0 Å². The summed E-state index contributed by atoms with van der Waals surface area (Å²) in [6, 6.07) is 4.26. The highest BCUT2D eigenvalue weighted by Gasteiger charge is 2.23. The van der Waals surface area contributed by atoms with E-state index < -0.39 is 0 Å². The number of pyridine rings is 1. The highest BCUT2D eigenvalue weighted by Crippen LogP contribution is 2.35. The highest BCUT2D eigenvalue weighted by molar-refractivity contribution is 5.76. The third-order valence-electron chi connectivity index (χ3n) is 5.55. The van der Waals surface area contributed by atoms with E-state index in [0.717, 1.165) is 67.2 Å². The number of morpholine rings is 1. The second-order valence-corrected chi connectivity index (χ2v) is 8.19. The van der Waals surface area contributed by atoms with E-state index in [9.17, 15) is 0 Å². The molecule has 1 aliphatic heterocycles. The van der Waals surface area contributed by atoms with Gasteiger partial charge in [-0.3, -0.25) is 0 Å². The molecule has 3 rings (SSSR count). The van der Waals surface area contributed by atoms with Gasteiger partial charge >= 0.3 is 0 Å². The van der Waals surface area contributed by atoms with Gasteiger partial charge in [-0.05, 0) is 30.9 Å². The van der Waals surface area contributed by atoms with Crippen LogP contribution in [0.25, 0.3) is 11.3 Å². The maximum Gasteiger partial charge on any atom is 0.257 e. The molecule has 0 unspecified atom stereocenters. The van der Waals surface area contributed by atoms with E-state index in [0.29, 0.717) is 37.4 Å². The molecule has 0 atom stereocenters. The molecule has 170 valence electrons. The molecule has 0 aliphatic carbocycles. The van der Waals surface area contributed by atoms with E-state index in [1.807, 2.05) is 7.05 Å². The maximum absolute atomic E-state index is 5.98. The zero-order chi connectivity index (χ0) is 22.2. The van der Waals surface area contributed by atoms with Crippen molar-refractivity contribution in [3.63, 3.8) is 0 Å². The summed E-state index contributed by atoms with van der Waals surface area (Å²) in [5, 5.41) is 3.17. The van der Waals surface area contributed by atoms with Crippen molar-refractivity contribution in [3.8, 4) is 17.1 Å². The lowest BCUT2D eigenvalue weighted by Crippen LogP contribution is -2.37. The van der Waals surface area contributed by atoms with Crippen molar-refractivity contribution in [2.75, 3.05) is 50.2 Å². The fourth-order valence-corrected chi connectivity index (χ4v) is 3.68. The highest BCUT2D eigenvalue weighted by atomic mass is 16.5. The van der Waals surface area contributed by atoms with Crippen molar-refractivity contribution < 1.29 is 9.47 Å². The van der Waals surface area contributed by atoms with Gasteiger partial charge < -0.3 is 19.7 Å². The number of nitrogens with one attached hydrogen (secondary N) is 1. The number of aromatic nitrogens is 3. The fourth-order valence-electron chi connectivity index (χ4n) is 3.68. The van der Waals surface area contributed by atoms with Crippen LogP contribution in [-0.2, 0) is 11.2 Å². The first-order chi connectivity index (χ1) is 15.1. The van der Waals surface area contributed by atoms with E-state index in [4.69, 9.17) is 24.4 Å². The quantitative estimate of drug-likeness (QED) is 0.552. The smallest absolute Gasteiger partial charge is 0.257 e. The Morgan fingerprint density at radius 2 is 1.87 bits per heavy atom. The molecule has 1 aliphatic rings. The summed E-state index contributed by atoms with van der Waals surface area (Å²) in [7, 11) is 1.86. The van der Waals surface area contributed by atoms with Crippen LogP contribution in [0.2, 0.25) is 0 Å². The number of hydrogen-bond donors (Lipinski definition) is 1. The molecule has 0 spiro atoms. The first-order valence-electron chi connectivity index (χ1n) is 11.6. The van der Waals surface area contributed by atoms with E-state index in [2.05, 4.69) is 50.0 Å². The van der Waals surface area contributed by atoms with Crippen LogP contribution in [0.4, 0.5) is 11.6 Å². The Kier molecular flexibility index (Phi) is 8.46. The third kappa shape index (κ3) is 5.64. The van der Waals surface area contributed by atoms with Gasteiger partial charge in [0, 0.05) is 31.4 Å². The van der Waals surface area contributed by atoms with Gasteiger partial charge in [0.05, 0.1) is 31.2 Å². The summed E-state index contributed by atoms with van der Waals surface area (Å²) >= 11 is 0. The average molecular weight is 428 g/mol. The molecule has 31 heavy (non-hydrogen) atoms. The average Bonchev–Trinajstić information content (AvgIpc) is 2.81. The van der Waals surface area contributed by atoms with E-state index in [-0.39, 0.29) is 0 Å². The lowest BCUT2D eigenvalue weighted by atomic mass is 10.0. The van der Waals surface area contributed by atoms with Gasteiger partial charge in [-0.2, -0.15) is 0 Å². The van der Waals surface area contributed by atoms with Gasteiger partial charge in [0.15, 0.2) is 5.82 Å². The SMILES string of the molecule is CCCCCOc1nc(CC)c(-c2ccc(C(C)C)nc2N2CCOCC2)nc1NC. The Bertz CT molecular complexity index is 850. The largest absolute Gasteiger partial charge is 0.475 e. The van der Waals surface area contributed by atoms with Crippen molar-refractivity contribution in [3.05, 3.63) is 23.5 Å². The first kappa shape index (κ1) is 23.3. The predicted molar refractivity (Wildman–Crippen MR) is 126 cm³/mol. The topological polar surface area (TPSA) is 72.4 Å². The number of anilines is 2. The molecule has 0 radical (unpaired) electrons. The van der Waals surface area contributed by atoms with Crippen molar-refractivity contribution >= 4 is 11.6 Å². The molecule has 2 aromatic rings. The van der Waals surface area contributed by atoms with Crippen LogP contribution in [0.5, 0.6) is 5.88 Å². The number of rotatable bonds is 10. The summed E-state index contributed by atoms with van der Waals surface area (Å²) in [6.45, 7) is 12.4. The molecule has 3 heterocycles. The van der Waals surface area contributed by atoms with Crippen LogP contribution in [-0.4, -0.2) is 54.9 Å². The molecule has 0 bridgehead atoms. The fraction of sp³-hybridized carbons (Fsp3) is 0.625. The van der Waals surface area contributed by atoms with Crippen LogP contribution in [0.3, 0.4) is 0 Å². The predicted octanol–water partition coefficient (Wildman–Crippen LogP) is 4.67.